The Morgan fingerprint density at radius 3 is 2.48 bits per heavy atom. The van der Waals surface area contributed by atoms with Crippen LogP contribution in [0.1, 0.15) is 65.7 Å². The summed E-state index contributed by atoms with van der Waals surface area (Å²) in [6.45, 7) is 7.56. The predicted octanol–water partition coefficient (Wildman–Crippen LogP) is 2.71. The van der Waals surface area contributed by atoms with Crippen molar-refractivity contribution in [3.63, 3.8) is 0 Å². The second-order valence-corrected chi connectivity index (χ2v) is 7.04. The van der Waals surface area contributed by atoms with Gasteiger partial charge < -0.3 is 4.74 Å². The minimum atomic E-state index is -0.473. The highest BCUT2D eigenvalue weighted by Gasteiger charge is 2.48. The van der Waals surface area contributed by atoms with Crippen LogP contribution in [0.25, 0.3) is 0 Å². The number of carbonyl (C=O) groups is 1. The molecule has 0 saturated heterocycles. The van der Waals surface area contributed by atoms with Crippen molar-refractivity contribution in [2.24, 2.45) is 0 Å². The topological polar surface area (TPSA) is 41.6 Å². The van der Waals surface area contributed by atoms with Crippen LogP contribution in [0.4, 0.5) is 0 Å². The molecule has 0 radical (unpaired) electrons. The number of hydrogen-bond acceptors (Lipinski definition) is 4. The van der Waals surface area contributed by atoms with Crippen molar-refractivity contribution in [2.75, 3.05) is 13.7 Å². The van der Waals surface area contributed by atoms with Crippen molar-refractivity contribution in [2.45, 2.75) is 89.4 Å². The van der Waals surface area contributed by atoms with E-state index >= 15 is 0 Å². The molecule has 0 aromatic rings. The molecule has 0 amide bonds. The highest BCUT2D eigenvalue weighted by molar-refractivity contribution is 5.81. The van der Waals surface area contributed by atoms with Gasteiger partial charge in [0.15, 0.2) is 0 Å². The van der Waals surface area contributed by atoms with Crippen molar-refractivity contribution in [1.29, 1.82) is 0 Å². The molecule has 0 heterocycles. The fourth-order valence-corrected chi connectivity index (χ4v) is 4.48. The molecule has 0 aliphatic heterocycles. The Hall–Kier alpha value is -0.610. The van der Waals surface area contributed by atoms with Gasteiger partial charge in [0.1, 0.15) is 5.54 Å². The van der Waals surface area contributed by atoms with E-state index in [4.69, 9.17) is 4.74 Å². The molecule has 2 atom stereocenters. The van der Waals surface area contributed by atoms with Crippen LogP contribution in [0.3, 0.4) is 0 Å². The van der Waals surface area contributed by atoms with Crippen LogP contribution in [-0.2, 0) is 9.53 Å². The molecule has 0 aromatic heterocycles. The molecule has 2 saturated carbocycles. The van der Waals surface area contributed by atoms with Crippen LogP contribution in [0.15, 0.2) is 0 Å². The molecule has 122 valence electrons. The molecule has 4 nitrogen and oxygen atoms in total. The summed E-state index contributed by atoms with van der Waals surface area (Å²) in [6, 6.07) is 1.54. The Balaban J connectivity index is 2.08. The first kappa shape index (κ1) is 16.8. The van der Waals surface area contributed by atoms with Gasteiger partial charge in [-0.25, -0.2) is 0 Å². The third kappa shape index (κ3) is 3.59. The van der Waals surface area contributed by atoms with E-state index < -0.39 is 5.54 Å². The normalized spacial score (nSPS) is 30.5. The molecule has 1 N–H and O–H groups in total. The quantitative estimate of drug-likeness (QED) is 0.765. The van der Waals surface area contributed by atoms with Gasteiger partial charge in [0.05, 0.1) is 7.11 Å². The van der Waals surface area contributed by atoms with Crippen molar-refractivity contribution in [3.8, 4) is 0 Å². The summed E-state index contributed by atoms with van der Waals surface area (Å²) in [7, 11) is 1.51. The van der Waals surface area contributed by atoms with Crippen molar-refractivity contribution < 1.29 is 9.53 Å². The number of ether oxygens (including phenoxy) is 1. The van der Waals surface area contributed by atoms with Gasteiger partial charge in [0.25, 0.3) is 0 Å². The average Bonchev–Trinajstić information content (AvgIpc) is 3.09. The van der Waals surface area contributed by atoms with Crippen LogP contribution in [0, 0.1) is 0 Å². The largest absolute Gasteiger partial charge is 0.468 e. The van der Waals surface area contributed by atoms with Crippen molar-refractivity contribution in [3.05, 3.63) is 0 Å². The monoisotopic (exact) mass is 296 g/mol. The van der Waals surface area contributed by atoms with Crippen LogP contribution >= 0.6 is 0 Å². The van der Waals surface area contributed by atoms with E-state index in [0.717, 1.165) is 31.8 Å². The van der Waals surface area contributed by atoms with Gasteiger partial charge in [-0.3, -0.25) is 15.0 Å². The molecule has 2 unspecified atom stereocenters. The first-order valence-corrected chi connectivity index (χ1v) is 8.64. The zero-order valence-corrected chi connectivity index (χ0v) is 14.2. The Morgan fingerprint density at radius 2 is 1.95 bits per heavy atom. The van der Waals surface area contributed by atoms with Crippen LogP contribution in [0.2, 0.25) is 0 Å². The summed E-state index contributed by atoms with van der Waals surface area (Å²) in [5, 5.41) is 3.50. The van der Waals surface area contributed by atoms with Gasteiger partial charge in [0, 0.05) is 18.1 Å². The molecule has 0 spiro atoms. The summed E-state index contributed by atoms with van der Waals surface area (Å²) in [6.07, 6.45) is 8.26. The van der Waals surface area contributed by atoms with Crippen molar-refractivity contribution in [1.82, 2.24) is 10.2 Å². The lowest BCUT2D eigenvalue weighted by Crippen LogP contribution is -2.54. The van der Waals surface area contributed by atoms with E-state index in [0.29, 0.717) is 12.1 Å². The molecule has 2 rings (SSSR count). The summed E-state index contributed by atoms with van der Waals surface area (Å²) >= 11 is 0. The molecule has 2 aliphatic rings. The van der Waals surface area contributed by atoms with Crippen LogP contribution in [0.5, 0.6) is 0 Å². The number of hydrogen-bond donors (Lipinski definition) is 1. The molecule has 4 heteroatoms. The number of methoxy groups -OCH3 is 1. The lowest BCUT2D eigenvalue weighted by molar-refractivity contribution is -0.149. The van der Waals surface area contributed by atoms with E-state index in [9.17, 15) is 4.79 Å². The van der Waals surface area contributed by atoms with E-state index in [1.54, 1.807) is 0 Å². The maximum atomic E-state index is 12.3. The SMILES string of the molecule is CCN(C1CCCC1)C1CCC(NC(C)C)(C(=O)OC)C1. The van der Waals surface area contributed by atoms with E-state index in [-0.39, 0.29) is 5.97 Å². The molecule has 2 aliphatic carbocycles. The zero-order chi connectivity index (χ0) is 15.5. The average molecular weight is 296 g/mol. The van der Waals surface area contributed by atoms with Gasteiger partial charge in [-0.15, -0.1) is 0 Å². The molecular formula is C17H32N2O2. The maximum absolute atomic E-state index is 12.3. The smallest absolute Gasteiger partial charge is 0.326 e. The minimum Gasteiger partial charge on any atom is -0.468 e. The third-order valence-electron chi connectivity index (χ3n) is 5.26. The lowest BCUT2D eigenvalue weighted by atomic mass is 9.95. The first-order chi connectivity index (χ1) is 10.0. The maximum Gasteiger partial charge on any atom is 0.326 e. The second kappa shape index (κ2) is 7.10. The molecule has 0 bridgehead atoms. The summed E-state index contributed by atoms with van der Waals surface area (Å²) in [4.78, 5) is 15.0. The van der Waals surface area contributed by atoms with Gasteiger partial charge in [-0.2, -0.15) is 0 Å². The predicted molar refractivity (Wildman–Crippen MR) is 85.3 cm³/mol. The Morgan fingerprint density at radius 1 is 1.29 bits per heavy atom. The lowest BCUT2D eigenvalue weighted by Gasteiger charge is -2.35. The summed E-state index contributed by atoms with van der Waals surface area (Å²) in [5.74, 6) is -0.0822. The number of carbonyl (C=O) groups excluding carboxylic acids is 1. The van der Waals surface area contributed by atoms with Crippen LogP contribution < -0.4 is 5.32 Å². The van der Waals surface area contributed by atoms with Gasteiger partial charge in [-0.1, -0.05) is 19.8 Å². The summed E-state index contributed by atoms with van der Waals surface area (Å²) in [5.41, 5.74) is -0.473. The first-order valence-electron chi connectivity index (χ1n) is 8.64. The molecule has 2 fully saturated rings. The third-order valence-corrected chi connectivity index (χ3v) is 5.26. The number of nitrogens with one attached hydrogen (secondary N) is 1. The molecular weight excluding hydrogens is 264 g/mol. The van der Waals surface area contributed by atoms with Crippen molar-refractivity contribution >= 4 is 5.97 Å². The molecule has 21 heavy (non-hydrogen) atoms. The highest BCUT2D eigenvalue weighted by atomic mass is 16.5. The van der Waals surface area contributed by atoms with E-state index in [1.165, 1.54) is 32.8 Å². The van der Waals surface area contributed by atoms with E-state index in [2.05, 4.69) is 31.0 Å². The van der Waals surface area contributed by atoms with Gasteiger partial charge >= 0.3 is 5.97 Å². The van der Waals surface area contributed by atoms with Gasteiger partial charge in [0.2, 0.25) is 0 Å². The molecule has 0 aromatic carbocycles. The number of nitrogens with zero attached hydrogens (tertiary/aromatic N) is 1. The van der Waals surface area contributed by atoms with Gasteiger partial charge in [-0.05, 0) is 52.5 Å². The fourth-order valence-electron chi connectivity index (χ4n) is 4.48. The summed E-state index contributed by atoms with van der Waals surface area (Å²) < 4.78 is 5.11. The van der Waals surface area contributed by atoms with E-state index in [1.807, 2.05) is 0 Å². The van der Waals surface area contributed by atoms with Crippen LogP contribution in [-0.4, -0.2) is 48.2 Å². The standard InChI is InChI=1S/C17H32N2O2/c1-5-19(14-8-6-7-9-14)15-10-11-17(12-15,16(20)21-4)18-13(2)3/h13-15,18H,5-12H2,1-4H3. The zero-order valence-electron chi connectivity index (χ0n) is 14.2. The second-order valence-electron chi connectivity index (χ2n) is 7.04. The highest BCUT2D eigenvalue weighted by Crippen LogP contribution is 2.37. The minimum absolute atomic E-state index is 0.0822. The number of esters is 1. The number of rotatable bonds is 6. The Bertz CT molecular complexity index is 353. The fraction of sp³-hybridized carbons (Fsp3) is 0.941. The Kier molecular flexibility index (Phi) is 5.67. The Labute approximate surface area is 129 Å².